The number of rotatable bonds is 40. The summed E-state index contributed by atoms with van der Waals surface area (Å²) in [4.78, 5) is 37.8. The molecule has 0 aromatic heterocycles. The van der Waals surface area contributed by atoms with E-state index in [0.29, 0.717) is 19.3 Å². The van der Waals surface area contributed by atoms with Crippen molar-refractivity contribution in [2.75, 3.05) is 13.2 Å². The summed E-state index contributed by atoms with van der Waals surface area (Å²) in [6.07, 6.45) is 69.6. The number of carbonyl (C=O) groups is 3. The van der Waals surface area contributed by atoms with Crippen molar-refractivity contribution < 1.29 is 28.6 Å². The summed E-state index contributed by atoms with van der Waals surface area (Å²) in [5.74, 6) is -1.01. The van der Waals surface area contributed by atoms with Crippen LogP contribution in [-0.2, 0) is 28.6 Å². The normalized spacial score (nSPS) is 13.4. The lowest BCUT2D eigenvalue weighted by molar-refractivity contribution is -0.167. The number of carbonyl (C=O) groups excluding carboxylic acids is 3. The van der Waals surface area contributed by atoms with Gasteiger partial charge < -0.3 is 14.2 Å². The number of hydrogen-bond donors (Lipinski definition) is 0. The van der Waals surface area contributed by atoms with E-state index in [1.807, 2.05) is 97.2 Å². The van der Waals surface area contributed by atoms with Gasteiger partial charge in [0, 0.05) is 19.3 Å². The maximum Gasteiger partial charge on any atom is 0.306 e. The predicted molar refractivity (Wildman–Crippen MR) is 265 cm³/mol. The second-order valence-electron chi connectivity index (χ2n) is 15.2. The van der Waals surface area contributed by atoms with Gasteiger partial charge in [-0.25, -0.2) is 0 Å². The van der Waals surface area contributed by atoms with Gasteiger partial charge in [0.25, 0.3) is 0 Å². The van der Waals surface area contributed by atoms with E-state index >= 15 is 0 Å². The number of esters is 3. The van der Waals surface area contributed by atoms with Crippen LogP contribution < -0.4 is 0 Å². The van der Waals surface area contributed by atoms with Crippen molar-refractivity contribution in [3.63, 3.8) is 0 Å². The van der Waals surface area contributed by atoms with Gasteiger partial charge in [-0.05, 0) is 77.0 Å². The second-order valence-corrected chi connectivity index (χ2v) is 15.2. The monoisotopic (exact) mass is 853 g/mol. The van der Waals surface area contributed by atoms with E-state index in [9.17, 15) is 14.4 Å². The average Bonchev–Trinajstić information content (AvgIpc) is 3.27. The van der Waals surface area contributed by atoms with Crippen LogP contribution in [-0.4, -0.2) is 37.2 Å². The molecule has 0 N–H and O–H groups in total. The van der Waals surface area contributed by atoms with Gasteiger partial charge in [-0.3, -0.25) is 14.4 Å². The van der Waals surface area contributed by atoms with Crippen molar-refractivity contribution in [1.29, 1.82) is 0 Å². The zero-order chi connectivity index (χ0) is 45.1. The summed E-state index contributed by atoms with van der Waals surface area (Å²) in [6.45, 7) is 6.20. The Hall–Kier alpha value is -4.71. The van der Waals surface area contributed by atoms with Crippen LogP contribution in [0.2, 0.25) is 0 Å². The molecule has 6 heteroatoms. The first-order valence-electron chi connectivity index (χ1n) is 24.0. The summed E-state index contributed by atoms with van der Waals surface area (Å²) < 4.78 is 16.7. The van der Waals surface area contributed by atoms with Crippen molar-refractivity contribution in [1.82, 2.24) is 0 Å². The van der Waals surface area contributed by atoms with Crippen LogP contribution in [0.25, 0.3) is 0 Å². The van der Waals surface area contributed by atoms with E-state index in [-0.39, 0.29) is 37.5 Å². The van der Waals surface area contributed by atoms with Gasteiger partial charge in [0.1, 0.15) is 13.2 Å². The van der Waals surface area contributed by atoms with Gasteiger partial charge in [0.15, 0.2) is 6.10 Å². The number of ether oxygens (including phenoxy) is 3. The maximum absolute atomic E-state index is 12.8. The highest BCUT2D eigenvalue weighted by Crippen LogP contribution is 2.12. The summed E-state index contributed by atoms with van der Waals surface area (Å²) in [6, 6.07) is 0. The number of unbranched alkanes of at least 4 members (excludes halogenated alkanes) is 14. The summed E-state index contributed by atoms with van der Waals surface area (Å²) in [7, 11) is 0. The first kappa shape index (κ1) is 57.3. The van der Waals surface area contributed by atoms with E-state index < -0.39 is 6.10 Å². The zero-order valence-corrected chi connectivity index (χ0v) is 39.1. The molecule has 0 aromatic carbocycles. The predicted octanol–water partition coefficient (Wildman–Crippen LogP) is 15.7. The quantitative estimate of drug-likeness (QED) is 0.0201. The Morgan fingerprint density at radius 2 is 0.645 bits per heavy atom. The molecule has 62 heavy (non-hydrogen) atoms. The van der Waals surface area contributed by atoms with Crippen LogP contribution in [0.3, 0.4) is 0 Å². The Kier molecular flexibility index (Phi) is 45.2. The molecule has 0 aliphatic heterocycles. The smallest absolute Gasteiger partial charge is 0.306 e. The molecule has 0 amide bonds. The number of hydrogen-bond acceptors (Lipinski definition) is 6. The van der Waals surface area contributed by atoms with Crippen molar-refractivity contribution in [2.24, 2.45) is 0 Å². The van der Waals surface area contributed by atoms with E-state index in [1.54, 1.807) is 0 Å². The molecular weight excluding hydrogens is 769 g/mol. The third-order valence-corrected chi connectivity index (χ3v) is 9.35. The molecule has 0 heterocycles. The topological polar surface area (TPSA) is 78.9 Å². The third-order valence-electron chi connectivity index (χ3n) is 9.35. The summed E-state index contributed by atoms with van der Waals surface area (Å²) in [5, 5.41) is 0. The molecule has 1 atom stereocenters. The van der Waals surface area contributed by atoms with Crippen LogP contribution >= 0.6 is 0 Å². The highest BCUT2D eigenvalue weighted by Gasteiger charge is 2.19. The lowest BCUT2D eigenvalue weighted by Crippen LogP contribution is -2.30. The molecule has 6 nitrogen and oxygen atoms in total. The van der Waals surface area contributed by atoms with Gasteiger partial charge in [0.2, 0.25) is 0 Å². The van der Waals surface area contributed by atoms with E-state index in [2.05, 4.69) is 69.4 Å². The zero-order valence-electron chi connectivity index (χ0n) is 39.1. The molecule has 0 bridgehead atoms. The van der Waals surface area contributed by atoms with Crippen molar-refractivity contribution in [3.05, 3.63) is 146 Å². The van der Waals surface area contributed by atoms with Crippen molar-refractivity contribution in [2.45, 2.75) is 175 Å². The first-order chi connectivity index (χ1) is 30.5. The molecule has 0 spiro atoms. The minimum atomic E-state index is -0.819. The van der Waals surface area contributed by atoms with Crippen molar-refractivity contribution >= 4 is 17.9 Å². The Bertz CT molecular complexity index is 1440. The summed E-state index contributed by atoms with van der Waals surface area (Å²) >= 11 is 0. The molecule has 0 saturated carbocycles. The molecule has 0 aliphatic carbocycles. The summed E-state index contributed by atoms with van der Waals surface area (Å²) in [5.41, 5.74) is 0. The minimum absolute atomic E-state index is 0.116. The third kappa shape index (κ3) is 46.4. The maximum atomic E-state index is 12.8. The highest BCUT2D eigenvalue weighted by molar-refractivity contribution is 5.71. The average molecular weight is 853 g/mol. The van der Waals surface area contributed by atoms with Crippen molar-refractivity contribution in [3.8, 4) is 0 Å². The van der Waals surface area contributed by atoms with Crippen LogP contribution in [0.1, 0.15) is 168 Å². The van der Waals surface area contributed by atoms with Gasteiger partial charge in [-0.1, -0.05) is 218 Å². The van der Waals surface area contributed by atoms with E-state index in [0.717, 1.165) is 109 Å². The fourth-order valence-corrected chi connectivity index (χ4v) is 5.77. The van der Waals surface area contributed by atoms with Crippen LogP contribution in [0.4, 0.5) is 0 Å². The van der Waals surface area contributed by atoms with Gasteiger partial charge in [-0.15, -0.1) is 0 Å². The Balaban J connectivity index is 4.56. The molecule has 344 valence electrons. The molecule has 0 aliphatic rings. The second kappa shape index (κ2) is 49.0. The Morgan fingerprint density at radius 1 is 0.339 bits per heavy atom. The Morgan fingerprint density at radius 3 is 1.05 bits per heavy atom. The lowest BCUT2D eigenvalue weighted by Gasteiger charge is -2.18. The largest absolute Gasteiger partial charge is 0.462 e. The molecule has 0 fully saturated rings. The lowest BCUT2D eigenvalue weighted by atomic mass is 10.1. The van der Waals surface area contributed by atoms with E-state index in [4.69, 9.17) is 14.2 Å². The molecule has 0 rings (SSSR count). The van der Waals surface area contributed by atoms with Gasteiger partial charge in [0.05, 0.1) is 0 Å². The number of allylic oxidation sites excluding steroid dienone is 24. The first-order valence-corrected chi connectivity index (χ1v) is 24.0. The fourth-order valence-electron chi connectivity index (χ4n) is 5.77. The van der Waals surface area contributed by atoms with Gasteiger partial charge >= 0.3 is 17.9 Å². The van der Waals surface area contributed by atoms with Crippen LogP contribution in [0.5, 0.6) is 0 Å². The SMILES string of the molecule is CC\C=C/C=C\C=C/C=C\C=C\C=C/C=C\CCCCCC(=O)OCC(COC(=O)CCCCCC/C=C\CCCC)OC(=O)CCCCCCC\C=C/C=C\C=C/C=C\CC. The molecule has 0 saturated heterocycles. The van der Waals surface area contributed by atoms with Crippen LogP contribution in [0.15, 0.2) is 146 Å². The Labute approximate surface area is 378 Å². The van der Waals surface area contributed by atoms with Crippen LogP contribution in [0, 0.1) is 0 Å². The minimum Gasteiger partial charge on any atom is -0.462 e. The molecular formula is C56H84O6. The molecule has 0 radical (unpaired) electrons. The van der Waals surface area contributed by atoms with E-state index in [1.165, 1.54) is 12.8 Å². The fraction of sp³-hybridized carbons (Fsp3) is 0.518. The highest BCUT2D eigenvalue weighted by atomic mass is 16.6. The standard InChI is InChI=1S/C56H84O6/c1-4-7-10-13-16-19-22-24-26-27-28-29-31-32-34-37-40-43-46-49-55(58)61-52-53(51-60-54(57)48-45-42-39-36-21-18-15-12-9-6-3)62-56(59)50-47-44-41-38-35-33-30-25-23-20-17-14-11-8-5-2/h7-8,10-11,13-20,22-32,34,53H,4-6,9,12,21,33,35-52H2,1-3H3/b10-7-,11-8-,16-13-,17-14-,18-15-,22-19-,23-20-,26-24-,28-27+,30-25-,31-29-,34-32-. The van der Waals surface area contributed by atoms with Gasteiger partial charge in [-0.2, -0.15) is 0 Å². The molecule has 1 unspecified atom stereocenters. The molecule has 0 aromatic rings.